The van der Waals surface area contributed by atoms with E-state index in [2.05, 4.69) is 24.4 Å². The lowest BCUT2D eigenvalue weighted by molar-refractivity contribution is 0.101. The van der Waals surface area contributed by atoms with Crippen molar-refractivity contribution in [2.75, 3.05) is 10.6 Å². The molecule has 7 heteroatoms. The van der Waals surface area contributed by atoms with Crippen LogP contribution in [0, 0.1) is 0 Å². The number of halogens is 2. The zero-order chi connectivity index (χ0) is 22.4. The summed E-state index contributed by atoms with van der Waals surface area (Å²) in [6.07, 6.45) is 1.87. The molecule has 0 aliphatic rings. The normalized spacial score (nSPS) is 10.5. The van der Waals surface area contributed by atoms with E-state index in [1.54, 1.807) is 24.3 Å². The molecule has 0 radical (unpaired) electrons. The van der Waals surface area contributed by atoms with Crippen molar-refractivity contribution >= 4 is 53.7 Å². The standard InChI is InChI=1S/C24H23BCl2N2O2/c1-3-15-4-8-17(9-5-15)23(30)28-21-12-20(27)22(13-19(21)26)29-24(31)18-10-6-16(7-11-18)14-25-2/h4-13,25H,3,14H2,1-2H3,(H,28,30)(H,29,31). The fourth-order valence-electron chi connectivity index (χ4n) is 3.13. The van der Waals surface area contributed by atoms with Crippen LogP contribution in [0.4, 0.5) is 11.4 Å². The van der Waals surface area contributed by atoms with Gasteiger partial charge >= 0.3 is 0 Å². The summed E-state index contributed by atoms with van der Waals surface area (Å²) in [7, 11) is 1.05. The molecule has 3 aromatic rings. The van der Waals surface area contributed by atoms with E-state index in [4.69, 9.17) is 23.2 Å². The second kappa shape index (κ2) is 10.5. The molecule has 0 aliphatic heterocycles. The average molecular weight is 453 g/mol. The van der Waals surface area contributed by atoms with Crippen LogP contribution >= 0.6 is 23.2 Å². The van der Waals surface area contributed by atoms with Crippen LogP contribution in [-0.2, 0) is 12.7 Å². The van der Waals surface area contributed by atoms with Gasteiger partial charge < -0.3 is 10.6 Å². The number of carbonyl (C=O) groups is 2. The van der Waals surface area contributed by atoms with Gasteiger partial charge in [-0.05, 0) is 48.4 Å². The zero-order valence-electron chi connectivity index (χ0n) is 17.5. The molecule has 3 aromatic carbocycles. The molecule has 0 aromatic heterocycles. The third-order valence-electron chi connectivity index (χ3n) is 4.93. The summed E-state index contributed by atoms with van der Waals surface area (Å²) < 4.78 is 0. The van der Waals surface area contributed by atoms with Crippen LogP contribution in [0.1, 0.15) is 38.8 Å². The quantitative estimate of drug-likeness (QED) is 0.429. The molecule has 0 spiro atoms. The fraction of sp³-hybridized carbons (Fsp3) is 0.167. The van der Waals surface area contributed by atoms with E-state index in [0.29, 0.717) is 22.5 Å². The second-order valence-corrected chi connectivity index (χ2v) is 8.03. The molecule has 0 aliphatic carbocycles. The number of amides is 2. The van der Waals surface area contributed by atoms with Gasteiger partial charge in [0.05, 0.1) is 21.4 Å². The van der Waals surface area contributed by atoms with Gasteiger partial charge in [-0.1, -0.05) is 73.1 Å². The van der Waals surface area contributed by atoms with Crippen LogP contribution in [0.25, 0.3) is 0 Å². The van der Waals surface area contributed by atoms with Crippen LogP contribution in [0.3, 0.4) is 0 Å². The Morgan fingerprint density at radius 1 is 0.774 bits per heavy atom. The Morgan fingerprint density at radius 3 is 1.58 bits per heavy atom. The third kappa shape index (κ3) is 5.90. The van der Waals surface area contributed by atoms with Gasteiger partial charge in [0.1, 0.15) is 7.28 Å². The van der Waals surface area contributed by atoms with Crippen LogP contribution in [0.15, 0.2) is 60.7 Å². The summed E-state index contributed by atoms with van der Waals surface area (Å²) in [6.45, 7) is 4.17. The van der Waals surface area contributed by atoms with Crippen molar-refractivity contribution < 1.29 is 9.59 Å². The first-order chi connectivity index (χ1) is 14.9. The highest BCUT2D eigenvalue weighted by molar-refractivity contribution is 6.38. The Bertz CT molecular complexity index is 1080. The Balaban J connectivity index is 1.71. The molecule has 0 fully saturated rings. The molecule has 0 bridgehead atoms. The summed E-state index contributed by atoms with van der Waals surface area (Å²) >= 11 is 12.7. The first-order valence-electron chi connectivity index (χ1n) is 10.2. The molecular weight excluding hydrogens is 430 g/mol. The number of hydrogen-bond donors (Lipinski definition) is 2. The Hall–Kier alpha value is -2.76. The number of aryl methyl sites for hydroxylation is 1. The monoisotopic (exact) mass is 452 g/mol. The average Bonchev–Trinajstić information content (AvgIpc) is 2.77. The number of nitrogens with one attached hydrogen (secondary N) is 2. The number of anilines is 2. The molecule has 0 atom stereocenters. The summed E-state index contributed by atoms with van der Waals surface area (Å²) in [5.41, 5.74) is 4.13. The van der Waals surface area contributed by atoms with Crippen molar-refractivity contribution in [3.05, 3.63) is 93.0 Å². The highest BCUT2D eigenvalue weighted by atomic mass is 35.5. The maximum absolute atomic E-state index is 12.6. The Labute approximate surface area is 193 Å². The maximum atomic E-state index is 12.6. The van der Waals surface area contributed by atoms with E-state index < -0.39 is 0 Å². The van der Waals surface area contributed by atoms with Crippen LogP contribution in [0.5, 0.6) is 0 Å². The van der Waals surface area contributed by atoms with Crippen LogP contribution in [0.2, 0.25) is 16.9 Å². The third-order valence-corrected chi connectivity index (χ3v) is 5.56. The largest absolute Gasteiger partial charge is 0.321 e. The Kier molecular flexibility index (Phi) is 7.77. The molecule has 158 valence electrons. The number of carbonyl (C=O) groups excluding carboxylic acids is 2. The molecule has 2 N–H and O–H groups in total. The maximum Gasteiger partial charge on any atom is 0.255 e. The minimum atomic E-state index is -0.287. The SMILES string of the molecule is CBCc1ccc(C(=O)Nc2cc(Cl)c(NC(=O)c3ccc(CC)cc3)cc2Cl)cc1. The van der Waals surface area contributed by atoms with Crippen LogP contribution in [-0.4, -0.2) is 19.1 Å². The molecule has 0 saturated carbocycles. The number of hydrogen-bond acceptors (Lipinski definition) is 2. The van der Waals surface area contributed by atoms with Crippen molar-refractivity contribution in [2.24, 2.45) is 0 Å². The minimum Gasteiger partial charge on any atom is -0.321 e. The van der Waals surface area contributed by atoms with E-state index in [9.17, 15) is 9.59 Å². The van der Waals surface area contributed by atoms with E-state index in [1.165, 1.54) is 17.7 Å². The second-order valence-electron chi connectivity index (χ2n) is 7.22. The van der Waals surface area contributed by atoms with Crippen LogP contribution < -0.4 is 10.6 Å². The molecule has 0 saturated heterocycles. The number of benzene rings is 3. The molecule has 2 amide bonds. The van der Waals surface area contributed by atoms with Gasteiger partial charge in [0.15, 0.2) is 0 Å². The van der Waals surface area contributed by atoms with E-state index >= 15 is 0 Å². The lowest BCUT2D eigenvalue weighted by atomic mass is 9.75. The van der Waals surface area contributed by atoms with Crippen molar-refractivity contribution in [1.29, 1.82) is 0 Å². The first kappa shape index (κ1) is 22.9. The summed E-state index contributed by atoms with van der Waals surface area (Å²) in [5.74, 6) is -0.571. The molecule has 0 heterocycles. The predicted molar refractivity (Wildman–Crippen MR) is 131 cm³/mol. The van der Waals surface area contributed by atoms with Gasteiger partial charge in [0.2, 0.25) is 0 Å². The summed E-state index contributed by atoms with van der Waals surface area (Å²) in [6, 6.07) is 17.9. The van der Waals surface area contributed by atoms with Crippen molar-refractivity contribution in [1.82, 2.24) is 0 Å². The lowest BCUT2D eigenvalue weighted by Crippen LogP contribution is -2.14. The van der Waals surface area contributed by atoms with Crippen molar-refractivity contribution in [3.63, 3.8) is 0 Å². The van der Waals surface area contributed by atoms with Gasteiger partial charge in [0, 0.05) is 11.1 Å². The van der Waals surface area contributed by atoms with Crippen molar-refractivity contribution in [2.45, 2.75) is 26.5 Å². The number of rotatable bonds is 7. The van der Waals surface area contributed by atoms with Gasteiger partial charge in [-0.2, -0.15) is 0 Å². The highest BCUT2D eigenvalue weighted by Gasteiger charge is 2.14. The topological polar surface area (TPSA) is 58.2 Å². The molecular formula is C24H23BCl2N2O2. The van der Waals surface area contributed by atoms with E-state index in [1.807, 2.05) is 24.3 Å². The molecule has 3 rings (SSSR count). The van der Waals surface area contributed by atoms with Gasteiger partial charge in [-0.15, -0.1) is 0 Å². The fourth-order valence-corrected chi connectivity index (χ4v) is 3.55. The van der Waals surface area contributed by atoms with Gasteiger partial charge in [0.25, 0.3) is 11.8 Å². The first-order valence-corrected chi connectivity index (χ1v) is 11.0. The van der Waals surface area contributed by atoms with E-state index in [0.717, 1.165) is 25.6 Å². The highest BCUT2D eigenvalue weighted by Crippen LogP contribution is 2.33. The molecule has 0 unspecified atom stereocenters. The smallest absolute Gasteiger partial charge is 0.255 e. The van der Waals surface area contributed by atoms with Crippen molar-refractivity contribution in [3.8, 4) is 0 Å². The zero-order valence-corrected chi connectivity index (χ0v) is 19.0. The lowest BCUT2D eigenvalue weighted by Gasteiger charge is -2.13. The summed E-state index contributed by atoms with van der Waals surface area (Å²) in [4.78, 5) is 25.1. The summed E-state index contributed by atoms with van der Waals surface area (Å²) in [5, 5.41) is 6.09. The predicted octanol–water partition coefficient (Wildman–Crippen LogP) is 6.05. The molecule has 31 heavy (non-hydrogen) atoms. The van der Waals surface area contributed by atoms with Gasteiger partial charge in [-0.25, -0.2) is 0 Å². The Morgan fingerprint density at radius 2 is 1.19 bits per heavy atom. The minimum absolute atomic E-state index is 0.275. The van der Waals surface area contributed by atoms with Gasteiger partial charge in [-0.3, -0.25) is 9.59 Å². The van der Waals surface area contributed by atoms with E-state index in [-0.39, 0.29) is 21.9 Å². The molecule has 4 nitrogen and oxygen atoms in total.